The van der Waals surface area contributed by atoms with E-state index in [1.807, 2.05) is 0 Å². The summed E-state index contributed by atoms with van der Waals surface area (Å²) < 4.78 is 0. The second kappa shape index (κ2) is 8.08. The summed E-state index contributed by atoms with van der Waals surface area (Å²) in [5.41, 5.74) is 0. The molecule has 0 aromatic carbocycles. The monoisotopic (exact) mass is 227 g/mol. The minimum atomic E-state index is -0.0312. The van der Waals surface area contributed by atoms with Crippen LogP contribution in [0, 0.1) is 5.92 Å². The molecule has 0 aliphatic heterocycles. The van der Waals surface area contributed by atoms with Gasteiger partial charge < -0.3 is 10.4 Å². The molecule has 16 heavy (non-hydrogen) atoms. The molecule has 0 aromatic heterocycles. The second-order valence-corrected chi connectivity index (χ2v) is 5.34. The third-order valence-corrected chi connectivity index (χ3v) is 3.85. The quantitative estimate of drug-likeness (QED) is 0.700. The van der Waals surface area contributed by atoms with Crippen LogP contribution < -0.4 is 5.32 Å². The molecule has 0 heterocycles. The summed E-state index contributed by atoms with van der Waals surface area (Å²) in [5.74, 6) is 0.708. The Morgan fingerprint density at radius 2 is 2.12 bits per heavy atom. The topological polar surface area (TPSA) is 32.3 Å². The van der Waals surface area contributed by atoms with E-state index in [9.17, 15) is 5.11 Å². The minimum Gasteiger partial charge on any atom is -0.393 e. The Bertz CT molecular complexity index is 172. The van der Waals surface area contributed by atoms with E-state index in [1.165, 1.54) is 38.5 Å². The van der Waals surface area contributed by atoms with Crippen molar-refractivity contribution in [2.24, 2.45) is 5.92 Å². The third kappa shape index (κ3) is 5.31. The van der Waals surface area contributed by atoms with E-state index in [2.05, 4.69) is 19.2 Å². The number of nitrogens with one attached hydrogen (secondary N) is 1. The number of unbranched alkanes of at least 4 members (excludes halogenated alkanes) is 1. The van der Waals surface area contributed by atoms with E-state index in [0.717, 1.165) is 19.4 Å². The van der Waals surface area contributed by atoms with Gasteiger partial charge in [-0.2, -0.15) is 0 Å². The van der Waals surface area contributed by atoms with Gasteiger partial charge in [0.15, 0.2) is 0 Å². The Morgan fingerprint density at radius 3 is 2.75 bits per heavy atom. The van der Waals surface area contributed by atoms with E-state index in [4.69, 9.17) is 0 Å². The first kappa shape index (κ1) is 14.0. The zero-order valence-corrected chi connectivity index (χ0v) is 11.0. The van der Waals surface area contributed by atoms with Crippen LogP contribution in [0.1, 0.15) is 65.2 Å². The summed E-state index contributed by atoms with van der Waals surface area (Å²) in [7, 11) is 0. The molecule has 2 N–H and O–H groups in total. The van der Waals surface area contributed by atoms with E-state index in [1.54, 1.807) is 0 Å². The summed E-state index contributed by atoms with van der Waals surface area (Å²) in [6.07, 6.45) is 9.67. The van der Waals surface area contributed by atoms with Crippen molar-refractivity contribution in [1.82, 2.24) is 5.32 Å². The van der Waals surface area contributed by atoms with Crippen LogP contribution in [0.15, 0.2) is 0 Å². The molecule has 1 aliphatic carbocycles. The number of hydrogen-bond donors (Lipinski definition) is 2. The highest BCUT2D eigenvalue weighted by molar-refractivity contribution is 4.75. The second-order valence-electron chi connectivity index (χ2n) is 5.34. The number of aliphatic hydroxyl groups is 1. The molecule has 1 saturated carbocycles. The molecule has 1 aliphatic rings. The standard InChI is InChI=1S/C14H29NO/c1-3-5-8-13(4-2)15-11-12-7-6-9-14(16)10-12/h12-16H,3-11H2,1-2H3. The van der Waals surface area contributed by atoms with Crippen LogP contribution in [0.5, 0.6) is 0 Å². The predicted octanol–water partition coefficient (Wildman–Crippen LogP) is 3.10. The molecule has 0 saturated heterocycles. The molecular weight excluding hydrogens is 198 g/mol. The SMILES string of the molecule is CCCCC(CC)NCC1CCCC(O)C1. The Kier molecular flexibility index (Phi) is 7.06. The molecule has 2 nitrogen and oxygen atoms in total. The molecule has 0 radical (unpaired) electrons. The number of aliphatic hydroxyl groups excluding tert-OH is 1. The maximum Gasteiger partial charge on any atom is 0.0543 e. The van der Waals surface area contributed by atoms with E-state index < -0.39 is 0 Å². The van der Waals surface area contributed by atoms with Gasteiger partial charge in [0, 0.05) is 6.04 Å². The van der Waals surface area contributed by atoms with Gasteiger partial charge in [0.2, 0.25) is 0 Å². The summed E-state index contributed by atoms with van der Waals surface area (Å²) in [5, 5.41) is 13.3. The van der Waals surface area contributed by atoms with Crippen molar-refractivity contribution in [3.63, 3.8) is 0 Å². The molecule has 0 aromatic rings. The predicted molar refractivity (Wildman–Crippen MR) is 69.6 cm³/mol. The highest BCUT2D eigenvalue weighted by Gasteiger charge is 2.20. The molecule has 1 rings (SSSR count). The summed E-state index contributed by atoms with van der Waals surface area (Å²) in [4.78, 5) is 0. The lowest BCUT2D eigenvalue weighted by Crippen LogP contribution is -2.35. The maximum atomic E-state index is 9.62. The lowest BCUT2D eigenvalue weighted by atomic mass is 9.87. The zero-order chi connectivity index (χ0) is 11.8. The molecular formula is C14H29NO. The van der Waals surface area contributed by atoms with Gasteiger partial charge in [-0.05, 0) is 44.6 Å². The highest BCUT2D eigenvalue weighted by Crippen LogP contribution is 2.23. The van der Waals surface area contributed by atoms with Crippen molar-refractivity contribution < 1.29 is 5.11 Å². The summed E-state index contributed by atoms with van der Waals surface area (Å²) in [6.45, 7) is 5.63. The number of rotatable bonds is 7. The Balaban J connectivity index is 2.15. The van der Waals surface area contributed by atoms with Crippen molar-refractivity contribution in [1.29, 1.82) is 0 Å². The van der Waals surface area contributed by atoms with Crippen molar-refractivity contribution in [2.45, 2.75) is 77.4 Å². The lowest BCUT2D eigenvalue weighted by Gasteiger charge is -2.28. The Hall–Kier alpha value is -0.0800. The average Bonchev–Trinajstić information content (AvgIpc) is 2.29. The first-order valence-electron chi connectivity index (χ1n) is 7.17. The fraction of sp³-hybridized carbons (Fsp3) is 1.00. The van der Waals surface area contributed by atoms with Gasteiger partial charge in [-0.1, -0.05) is 33.1 Å². The van der Waals surface area contributed by atoms with Crippen LogP contribution in [-0.4, -0.2) is 23.8 Å². The van der Waals surface area contributed by atoms with E-state index in [0.29, 0.717) is 12.0 Å². The van der Waals surface area contributed by atoms with Crippen LogP contribution >= 0.6 is 0 Å². The van der Waals surface area contributed by atoms with Crippen LogP contribution in [-0.2, 0) is 0 Å². The van der Waals surface area contributed by atoms with Crippen LogP contribution in [0.4, 0.5) is 0 Å². The molecule has 0 amide bonds. The van der Waals surface area contributed by atoms with Crippen LogP contribution in [0.25, 0.3) is 0 Å². The highest BCUT2D eigenvalue weighted by atomic mass is 16.3. The van der Waals surface area contributed by atoms with Gasteiger partial charge >= 0.3 is 0 Å². The first-order chi connectivity index (χ1) is 7.76. The maximum absolute atomic E-state index is 9.62. The van der Waals surface area contributed by atoms with Gasteiger partial charge in [-0.3, -0.25) is 0 Å². The molecule has 3 unspecified atom stereocenters. The lowest BCUT2D eigenvalue weighted by molar-refractivity contribution is 0.0994. The molecule has 1 fully saturated rings. The Labute approximate surface area is 101 Å². The first-order valence-corrected chi connectivity index (χ1v) is 7.17. The van der Waals surface area contributed by atoms with Crippen LogP contribution in [0.3, 0.4) is 0 Å². The average molecular weight is 227 g/mol. The van der Waals surface area contributed by atoms with Gasteiger partial charge in [0.05, 0.1) is 6.10 Å². The van der Waals surface area contributed by atoms with Gasteiger partial charge in [0.25, 0.3) is 0 Å². The van der Waals surface area contributed by atoms with Crippen LogP contribution in [0.2, 0.25) is 0 Å². The van der Waals surface area contributed by atoms with Gasteiger partial charge in [0.1, 0.15) is 0 Å². The van der Waals surface area contributed by atoms with Gasteiger partial charge in [-0.15, -0.1) is 0 Å². The summed E-state index contributed by atoms with van der Waals surface area (Å²) in [6, 6.07) is 0.694. The molecule has 3 atom stereocenters. The van der Waals surface area contributed by atoms with Gasteiger partial charge in [-0.25, -0.2) is 0 Å². The fourth-order valence-electron chi connectivity index (χ4n) is 2.68. The molecule has 0 spiro atoms. The zero-order valence-electron chi connectivity index (χ0n) is 11.0. The number of hydrogen-bond acceptors (Lipinski definition) is 2. The fourth-order valence-corrected chi connectivity index (χ4v) is 2.68. The van der Waals surface area contributed by atoms with E-state index in [-0.39, 0.29) is 6.10 Å². The summed E-state index contributed by atoms with van der Waals surface area (Å²) >= 11 is 0. The third-order valence-electron chi connectivity index (χ3n) is 3.85. The normalized spacial score (nSPS) is 27.9. The van der Waals surface area contributed by atoms with Crippen molar-refractivity contribution in [3.8, 4) is 0 Å². The Morgan fingerprint density at radius 1 is 1.31 bits per heavy atom. The van der Waals surface area contributed by atoms with E-state index >= 15 is 0 Å². The van der Waals surface area contributed by atoms with Crippen molar-refractivity contribution in [2.75, 3.05) is 6.54 Å². The molecule has 2 heteroatoms. The molecule has 96 valence electrons. The minimum absolute atomic E-state index is 0.0312. The molecule has 0 bridgehead atoms. The van der Waals surface area contributed by atoms with Crippen molar-refractivity contribution in [3.05, 3.63) is 0 Å². The largest absolute Gasteiger partial charge is 0.393 e. The van der Waals surface area contributed by atoms with Crippen molar-refractivity contribution >= 4 is 0 Å². The smallest absolute Gasteiger partial charge is 0.0543 e.